The second kappa shape index (κ2) is 6.93. The molecule has 0 bridgehead atoms. The molecule has 0 spiro atoms. The van der Waals surface area contributed by atoms with Crippen molar-refractivity contribution < 1.29 is 14.4 Å². The van der Waals surface area contributed by atoms with Crippen LogP contribution in [0.2, 0.25) is 0 Å². The fourth-order valence-electron chi connectivity index (χ4n) is 2.79. The van der Waals surface area contributed by atoms with E-state index in [9.17, 15) is 9.90 Å². The number of aliphatic hydroxyl groups excluding tert-OH is 1. The number of aliphatic hydroxyl groups is 1. The van der Waals surface area contributed by atoms with Gasteiger partial charge in [0.25, 0.3) is 5.91 Å². The molecule has 1 aliphatic rings. The van der Waals surface area contributed by atoms with Gasteiger partial charge in [0, 0.05) is 25.7 Å². The van der Waals surface area contributed by atoms with Crippen LogP contribution in [0.4, 0.5) is 0 Å². The van der Waals surface area contributed by atoms with Crippen molar-refractivity contribution in [1.82, 2.24) is 15.0 Å². The van der Waals surface area contributed by atoms with Crippen molar-refractivity contribution in [3.63, 3.8) is 0 Å². The highest BCUT2D eigenvalue weighted by atomic mass is 16.5. The summed E-state index contributed by atoms with van der Waals surface area (Å²) in [5, 5.41) is 13.4. The van der Waals surface area contributed by atoms with Crippen molar-refractivity contribution in [2.75, 3.05) is 20.1 Å². The highest BCUT2D eigenvalue weighted by molar-refractivity contribution is 5.92. The van der Waals surface area contributed by atoms with Gasteiger partial charge in [-0.25, -0.2) is 0 Å². The molecular weight excluding hydrogens is 294 g/mol. The van der Waals surface area contributed by atoms with Gasteiger partial charge in [0.15, 0.2) is 11.5 Å². The molecule has 6 heteroatoms. The highest BCUT2D eigenvalue weighted by Gasteiger charge is 2.27. The van der Waals surface area contributed by atoms with E-state index in [4.69, 9.17) is 4.52 Å². The maximum atomic E-state index is 12.3. The summed E-state index contributed by atoms with van der Waals surface area (Å²) in [5.74, 6) is 0.480. The van der Waals surface area contributed by atoms with E-state index in [2.05, 4.69) is 22.2 Å². The van der Waals surface area contributed by atoms with Crippen LogP contribution >= 0.6 is 0 Å². The van der Waals surface area contributed by atoms with Crippen molar-refractivity contribution in [3.05, 3.63) is 53.4 Å². The summed E-state index contributed by atoms with van der Waals surface area (Å²) in [5.41, 5.74) is 1.53. The monoisotopic (exact) mass is 315 g/mol. The Morgan fingerprint density at radius 3 is 2.87 bits per heavy atom. The zero-order valence-electron chi connectivity index (χ0n) is 13.2. The van der Waals surface area contributed by atoms with Gasteiger partial charge in [-0.3, -0.25) is 9.69 Å². The van der Waals surface area contributed by atoms with Gasteiger partial charge in [-0.15, -0.1) is 0 Å². The molecule has 23 heavy (non-hydrogen) atoms. The predicted octanol–water partition coefficient (Wildman–Crippen LogP) is 1.51. The molecular formula is C17H21N3O3. The van der Waals surface area contributed by atoms with Crippen LogP contribution in [0, 0.1) is 0 Å². The predicted molar refractivity (Wildman–Crippen MR) is 84.6 cm³/mol. The summed E-state index contributed by atoms with van der Waals surface area (Å²) in [4.78, 5) is 16.0. The summed E-state index contributed by atoms with van der Waals surface area (Å²) in [6.07, 6.45) is 0.193. The van der Waals surface area contributed by atoms with E-state index in [0.29, 0.717) is 37.5 Å². The van der Waals surface area contributed by atoms with E-state index < -0.39 is 6.10 Å². The van der Waals surface area contributed by atoms with E-state index >= 15 is 0 Å². The van der Waals surface area contributed by atoms with Crippen LogP contribution in [-0.2, 0) is 13.1 Å². The van der Waals surface area contributed by atoms with Crippen molar-refractivity contribution in [2.24, 2.45) is 0 Å². The first-order chi connectivity index (χ1) is 11.1. The molecule has 0 unspecified atom stereocenters. The summed E-state index contributed by atoms with van der Waals surface area (Å²) in [7, 11) is 1.99. The Balaban J connectivity index is 1.57. The van der Waals surface area contributed by atoms with Crippen LogP contribution in [0.15, 0.2) is 40.9 Å². The SMILES string of the molecule is CN(Cc1ccccc1)Cc1cc(C(=O)N2CC[C@H](O)C2)no1. The largest absolute Gasteiger partial charge is 0.391 e. The van der Waals surface area contributed by atoms with E-state index in [-0.39, 0.29) is 5.91 Å². The van der Waals surface area contributed by atoms with Gasteiger partial charge < -0.3 is 14.5 Å². The van der Waals surface area contributed by atoms with E-state index in [1.54, 1.807) is 11.0 Å². The quantitative estimate of drug-likeness (QED) is 0.906. The smallest absolute Gasteiger partial charge is 0.276 e. The van der Waals surface area contributed by atoms with Crippen molar-refractivity contribution in [1.29, 1.82) is 0 Å². The summed E-state index contributed by atoms with van der Waals surface area (Å²) < 4.78 is 5.28. The lowest BCUT2D eigenvalue weighted by Crippen LogP contribution is -2.29. The first kappa shape index (κ1) is 15.7. The Labute approximate surface area is 135 Å². The average molecular weight is 315 g/mol. The summed E-state index contributed by atoms with van der Waals surface area (Å²) in [6.45, 7) is 2.31. The summed E-state index contributed by atoms with van der Waals surface area (Å²) >= 11 is 0. The minimum absolute atomic E-state index is 0.178. The maximum Gasteiger partial charge on any atom is 0.276 e. The van der Waals surface area contributed by atoms with Crippen LogP contribution in [0.5, 0.6) is 0 Å². The van der Waals surface area contributed by atoms with Gasteiger partial charge in [0.05, 0.1) is 12.6 Å². The number of β-amino-alcohol motifs (C(OH)–C–C–N with tert-alkyl or cyclic N) is 1. The number of rotatable bonds is 5. The zero-order chi connectivity index (χ0) is 16.2. The Morgan fingerprint density at radius 2 is 2.17 bits per heavy atom. The van der Waals surface area contributed by atoms with Gasteiger partial charge in [-0.05, 0) is 19.0 Å². The van der Waals surface area contributed by atoms with E-state index in [0.717, 1.165) is 6.54 Å². The van der Waals surface area contributed by atoms with Crippen LogP contribution in [0.3, 0.4) is 0 Å². The Bertz CT molecular complexity index is 656. The Hall–Kier alpha value is -2.18. The van der Waals surface area contributed by atoms with Gasteiger partial charge in [-0.2, -0.15) is 0 Å². The molecule has 1 amide bonds. The lowest BCUT2D eigenvalue weighted by Gasteiger charge is -2.14. The molecule has 1 N–H and O–H groups in total. The number of amides is 1. The molecule has 0 saturated carbocycles. The molecule has 1 aliphatic heterocycles. The molecule has 1 aromatic heterocycles. The maximum absolute atomic E-state index is 12.3. The second-order valence-corrected chi connectivity index (χ2v) is 6.03. The lowest BCUT2D eigenvalue weighted by atomic mass is 10.2. The van der Waals surface area contributed by atoms with Crippen molar-refractivity contribution in [3.8, 4) is 0 Å². The fraction of sp³-hybridized carbons (Fsp3) is 0.412. The number of aromatic nitrogens is 1. The van der Waals surface area contributed by atoms with Crippen LogP contribution in [0.25, 0.3) is 0 Å². The van der Waals surface area contributed by atoms with E-state index in [1.807, 2.05) is 25.2 Å². The number of hydrogen-bond acceptors (Lipinski definition) is 5. The zero-order valence-corrected chi connectivity index (χ0v) is 13.2. The van der Waals surface area contributed by atoms with Gasteiger partial charge >= 0.3 is 0 Å². The molecule has 6 nitrogen and oxygen atoms in total. The van der Waals surface area contributed by atoms with Crippen molar-refractivity contribution in [2.45, 2.75) is 25.6 Å². The Kier molecular flexibility index (Phi) is 4.73. The molecule has 1 atom stereocenters. The number of carbonyl (C=O) groups excluding carboxylic acids is 1. The molecule has 3 rings (SSSR count). The topological polar surface area (TPSA) is 69.8 Å². The van der Waals surface area contributed by atoms with Crippen LogP contribution < -0.4 is 0 Å². The fourth-order valence-corrected chi connectivity index (χ4v) is 2.79. The number of hydrogen-bond donors (Lipinski definition) is 1. The molecule has 0 radical (unpaired) electrons. The summed E-state index contributed by atoms with van der Waals surface area (Å²) in [6, 6.07) is 11.9. The number of benzene rings is 1. The highest BCUT2D eigenvalue weighted by Crippen LogP contribution is 2.15. The normalized spacial score (nSPS) is 17.9. The minimum Gasteiger partial charge on any atom is -0.391 e. The number of nitrogens with zero attached hydrogens (tertiary/aromatic N) is 3. The average Bonchev–Trinajstić information content (AvgIpc) is 3.17. The van der Waals surface area contributed by atoms with Gasteiger partial charge in [-0.1, -0.05) is 35.5 Å². The Morgan fingerprint density at radius 1 is 1.39 bits per heavy atom. The molecule has 122 valence electrons. The number of likely N-dealkylation sites (tertiary alicyclic amines) is 1. The molecule has 1 saturated heterocycles. The van der Waals surface area contributed by atoms with Crippen LogP contribution in [-0.4, -0.2) is 52.2 Å². The third kappa shape index (κ3) is 3.97. The molecule has 1 fully saturated rings. The molecule has 2 heterocycles. The second-order valence-electron chi connectivity index (χ2n) is 6.03. The lowest BCUT2D eigenvalue weighted by molar-refractivity contribution is 0.0754. The van der Waals surface area contributed by atoms with Gasteiger partial charge in [0.2, 0.25) is 0 Å². The third-order valence-corrected chi connectivity index (χ3v) is 3.95. The number of carbonyl (C=O) groups is 1. The van der Waals surface area contributed by atoms with E-state index in [1.165, 1.54) is 5.56 Å². The van der Waals surface area contributed by atoms with Crippen molar-refractivity contribution >= 4 is 5.91 Å². The molecule has 0 aliphatic carbocycles. The standard InChI is InChI=1S/C17H21N3O3/c1-19(10-13-5-3-2-4-6-13)12-15-9-16(18-23-15)17(22)20-8-7-14(21)11-20/h2-6,9,14,21H,7-8,10-12H2,1H3/t14-/m0/s1. The first-order valence-corrected chi connectivity index (χ1v) is 7.77. The third-order valence-electron chi connectivity index (χ3n) is 3.95. The first-order valence-electron chi connectivity index (χ1n) is 7.77. The minimum atomic E-state index is -0.428. The van der Waals surface area contributed by atoms with Gasteiger partial charge in [0.1, 0.15) is 0 Å². The molecule has 1 aromatic carbocycles. The molecule has 2 aromatic rings. The van der Waals surface area contributed by atoms with Crippen LogP contribution in [0.1, 0.15) is 28.2 Å².